The van der Waals surface area contributed by atoms with Crippen LogP contribution in [0.2, 0.25) is 0 Å². The van der Waals surface area contributed by atoms with Crippen molar-refractivity contribution < 1.29 is 19.2 Å². The quantitative estimate of drug-likeness (QED) is 0.273. The van der Waals surface area contributed by atoms with Gasteiger partial charge in [0, 0.05) is 35.0 Å². The number of hydrogen-bond acceptors (Lipinski definition) is 8. The molecular formula is C26H26N6O4S. The summed E-state index contributed by atoms with van der Waals surface area (Å²) in [6, 6.07) is 12.5. The van der Waals surface area contributed by atoms with Crippen molar-refractivity contribution in [3.05, 3.63) is 54.4 Å². The van der Waals surface area contributed by atoms with E-state index in [1.54, 1.807) is 6.07 Å². The molecule has 1 aliphatic rings. The number of aliphatic hydroxyl groups is 1. The van der Waals surface area contributed by atoms with Gasteiger partial charge in [0.2, 0.25) is 5.88 Å². The molecule has 0 atom stereocenters. The topological polar surface area (TPSA) is 127 Å². The van der Waals surface area contributed by atoms with Gasteiger partial charge in [-0.05, 0) is 31.0 Å². The molecule has 6 rings (SSSR count). The SMILES string of the molecule is CC(C)(C)c1cc(NC(=O)Nc2ccc(-c3cn4c(n3)sc3nc(OCC5(O)CC5)ccc34)cc2)no1. The first-order valence-corrected chi connectivity index (χ1v) is 12.8. The second-order valence-electron chi connectivity index (χ2n) is 10.4. The molecule has 1 fully saturated rings. The van der Waals surface area contributed by atoms with E-state index >= 15 is 0 Å². The summed E-state index contributed by atoms with van der Waals surface area (Å²) in [5, 5.41) is 19.4. The fourth-order valence-corrected chi connectivity index (χ4v) is 4.75. The number of imidazole rings is 1. The van der Waals surface area contributed by atoms with E-state index in [9.17, 15) is 9.90 Å². The summed E-state index contributed by atoms with van der Waals surface area (Å²) >= 11 is 1.48. The Balaban J connectivity index is 1.13. The Hall–Kier alpha value is -3.96. The first-order chi connectivity index (χ1) is 17.6. The van der Waals surface area contributed by atoms with Crippen molar-refractivity contribution in [2.45, 2.75) is 44.6 Å². The number of nitrogens with one attached hydrogen (secondary N) is 2. The third-order valence-corrected chi connectivity index (χ3v) is 7.15. The van der Waals surface area contributed by atoms with Crippen LogP contribution in [0.1, 0.15) is 39.4 Å². The van der Waals surface area contributed by atoms with Gasteiger partial charge < -0.3 is 19.7 Å². The largest absolute Gasteiger partial charge is 0.475 e. The minimum atomic E-state index is -0.683. The van der Waals surface area contributed by atoms with E-state index in [0.29, 0.717) is 23.1 Å². The Labute approximate surface area is 216 Å². The van der Waals surface area contributed by atoms with Gasteiger partial charge in [-0.15, -0.1) is 0 Å². The smallest absolute Gasteiger partial charge is 0.324 e. The van der Waals surface area contributed by atoms with E-state index < -0.39 is 11.6 Å². The van der Waals surface area contributed by atoms with Crippen LogP contribution in [-0.2, 0) is 5.41 Å². The van der Waals surface area contributed by atoms with Crippen molar-refractivity contribution >= 4 is 44.2 Å². The van der Waals surface area contributed by atoms with E-state index in [-0.39, 0.29) is 12.0 Å². The monoisotopic (exact) mass is 518 g/mol. The van der Waals surface area contributed by atoms with Crippen LogP contribution in [0.15, 0.2) is 53.2 Å². The number of fused-ring (bicyclic) bond motifs is 3. The summed E-state index contributed by atoms with van der Waals surface area (Å²) in [6.07, 6.45) is 3.52. The number of benzene rings is 1. The molecule has 0 spiro atoms. The Bertz CT molecular complexity index is 1610. The van der Waals surface area contributed by atoms with Crippen molar-refractivity contribution in [2.24, 2.45) is 0 Å². The predicted octanol–water partition coefficient (Wildman–Crippen LogP) is 5.44. The molecule has 190 valence electrons. The lowest BCUT2D eigenvalue weighted by Gasteiger charge is -2.12. The van der Waals surface area contributed by atoms with Gasteiger partial charge in [-0.3, -0.25) is 9.72 Å². The summed E-state index contributed by atoms with van der Waals surface area (Å²) in [4.78, 5) is 23.3. The van der Waals surface area contributed by atoms with Crippen LogP contribution in [0, 0.1) is 0 Å². The lowest BCUT2D eigenvalue weighted by atomic mass is 9.93. The first-order valence-electron chi connectivity index (χ1n) is 11.9. The highest BCUT2D eigenvalue weighted by atomic mass is 32.1. The van der Waals surface area contributed by atoms with E-state index in [1.807, 2.05) is 67.8 Å². The molecule has 5 aromatic rings. The highest BCUT2D eigenvalue weighted by Gasteiger charge is 2.41. The molecule has 0 bridgehead atoms. The third kappa shape index (κ3) is 4.87. The number of carbonyl (C=O) groups excluding carboxylic acids is 1. The molecule has 4 heterocycles. The summed E-state index contributed by atoms with van der Waals surface area (Å²) in [6.45, 7) is 6.30. The number of thiazole rings is 1. The highest BCUT2D eigenvalue weighted by molar-refractivity contribution is 7.23. The zero-order valence-corrected chi connectivity index (χ0v) is 21.4. The summed E-state index contributed by atoms with van der Waals surface area (Å²) in [7, 11) is 0. The van der Waals surface area contributed by atoms with Crippen LogP contribution in [0.25, 0.3) is 26.6 Å². The average molecular weight is 519 g/mol. The number of aromatic nitrogens is 4. The van der Waals surface area contributed by atoms with Gasteiger partial charge >= 0.3 is 6.03 Å². The molecule has 3 N–H and O–H groups in total. The number of nitrogens with zero attached hydrogens (tertiary/aromatic N) is 4. The maximum atomic E-state index is 12.4. The van der Waals surface area contributed by atoms with Gasteiger partial charge in [-0.1, -0.05) is 49.4 Å². The van der Waals surface area contributed by atoms with Crippen LogP contribution in [0.3, 0.4) is 0 Å². The minimum Gasteiger partial charge on any atom is -0.475 e. The molecule has 1 aromatic carbocycles. The fourth-order valence-electron chi connectivity index (χ4n) is 3.78. The highest BCUT2D eigenvalue weighted by Crippen LogP contribution is 2.36. The van der Waals surface area contributed by atoms with Crippen LogP contribution >= 0.6 is 11.3 Å². The van der Waals surface area contributed by atoms with Gasteiger partial charge in [0.15, 0.2) is 10.8 Å². The molecule has 4 aromatic heterocycles. The summed E-state index contributed by atoms with van der Waals surface area (Å²) in [5.41, 5.74) is 2.44. The summed E-state index contributed by atoms with van der Waals surface area (Å²) in [5.74, 6) is 1.55. The number of rotatable bonds is 6. The minimum absolute atomic E-state index is 0.194. The normalized spacial score (nSPS) is 14.7. The molecule has 1 aliphatic carbocycles. The standard InChI is InChI=1S/C26H26N6O4S/c1-25(2,3)19-12-20(31-36-19)29-23(33)27-16-6-4-15(5-7-16)17-13-32-18-8-9-21(35-14-26(34)10-11-26)30-22(18)37-24(32)28-17/h4-9,12-13,34H,10-11,14H2,1-3H3,(H2,27,29,31,33). The fraction of sp³-hybridized carbons (Fsp3) is 0.308. The van der Waals surface area contributed by atoms with Crippen LogP contribution < -0.4 is 15.4 Å². The first kappa shape index (κ1) is 23.4. The maximum absolute atomic E-state index is 12.4. The van der Waals surface area contributed by atoms with Crippen molar-refractivity contribution in [1.82, 2.24) is 19.5 Å². The Morgan fingerprint density at radius 3 is 2.65 bits per heavy atom. The molecule has 0 saturated heterocycles. The van der Waals surface area contributed by atoms with E-state index in [4.69, 9.17) is 14.2 Å². The van der Waals surface area contributed by atoms with Gasteiger partial charge in [-0.25, -0.2) is 14.8 Å². The molecule has 0 radical (unpaired) electrons. The molecule has 10 nitrogen and oxygen atoms in total. The zero-order valence-electron chi connectivity index (χ0n) is 20.6. The predicted molar refractivity (Wildman–Crippen MR) is 141 cm³/mol. The van der Waals surface area contributed by atoms with E-state index in [2.05, 4.69) is 20.8 Å². The Morgan fingerprint density at radius 1 is 1.16 bits per heavy atom. The van der Waals surface area contributed by atoms with Crippen molar-refractivity contribution in [2.75, 3.05) is 17.2 Å². The number of ether oxygens (including phenoxy) is 1. The molecule has 1 saturated carbocycles. The lowest BCUT2D eigenvalue weighted by Crippen LogP contribution is -2.19. The zero-order chi connectivity index (χ0) is 25.8. The third-order valence-electron chi connectivity index (χ3n) is 6.18. The van der Waals surface area contributed by atoms with Gasteiger partial charge in [-0.2, -0.15) is 0 Å². The van der Waals surface area contributed by atoms with Crippen LogP contribution in [-0.4, -0.2) is 42.9 Å². The van der Waals surface area contributed by atoms with Crippen LogP contribution in [0.5, 0.6) is 5.88 Å². The van der Waals surface area contributed by atoms with Gasteiger partial charge in [0.25, 0.3) is 0 Å². The molecule has 2 amide bonds. The molecular weight excluding hydrogens is 492 g/mol. The van der Waals surface area contributed by atoms with Crippen molar-refractivity contribution in [3.8, 4) is 17.1 Å². The number of anilines is 2. The van der Waals surface area contributed by atoms with Gasteiger partial charge in [0.1, 0.15) is 17.2 Å². The number of carbonyl (C=O) groups is 1. The molecule has 0 aliphatic heterocycles. The summed E-state index contributed by atoms with van der Waals surface area (Å²) < 4.78 is 13.0. The lowest BCUT2D eigenvalue weighted by molar-refractivity contribution is 0.0835. The molecule has 0 unspecified atom stereocenters. The number of amides is 2. The second-order valence-corrected chi connectivity index (χ2v) is 11.3. The van der Waals surface area contributed by atoms with E-state index in [0.717, 1.165) is 39.4 Å². The van der Waals surface area contributed by atoms with E-state index in [1.165, 1.54) is 11.3 Å². The molecule has 37 heavy (non-hydrogen) atoms. The molecule has 11 heteroatoms. The number of pyridine rings is 1. The van der Waals surface area contributed by atoms with Crippen molar-refractivity contribution in [3.63, 3.8) is 0 Å². The average Bonchev–Trinajstić information content (AvgIpc) is 3.19. The Morgan fingerprint density at radius 2 is 1.95 bits per heavy atom. The maximum Gasteiger partial charge on any atom is 0.324 e. The number of urea groups is 1. The Kier molecular flexibility index (Phi) is 5.42. The van der Waals surface area contributed by atoms with Crippen LogP contribution in [0.4, 0.5) is 16.3 Å². The van der Waals surface area contributed by atoms with Gasteiger partial charge in [0.05, 0.1) is 16.8 Å². The second kappa shape index (κ2) is 8.56. The number of hydrogen-bond donors (Lipinski definition) is 3. The van der Waals surface area contributed by atoms with Crippen molar-refractivity contribution in [1.29, 1.82) is 0 Å².